The zero-order valence-electron chi connectivity index (χ0n) is 11.7. The number of rotatable bonds is 4. The van der Waals surface area contributed by atoms with Gasteiger partial charge in [0, 0.05) is 24.9 Å². The van der Waals surface area contributed by atoms with Gasteiger partial charge >= 0.3 is 0 Å². The molecule has 1 aromatic carbocycles. The Hall–Kier alpha value is -1.55. The number of phenolic OH excluding ortho intramolecular Hbond substituents is 1. The van der Waals surface area contributed by atoms with Crippen molar-refractivity contribution < 1.29 is 9.84 Å². The smallest absolute Gasteiger partial charge is 0.166 e. The molecule has 1 saturated heterocycles. The lowest BCUT2D eigenvalue weighted by molar-refractivity contribution is 0.224. The van der Waals surface area contributed by atoms with Gasteiger partial charge in [-0.1, -0.05) is 13.0 Å². The molecule has 0 bridgehead atoms. The molecule has 0 aromatic heterocycles. The van der Waals surface area contributed by atoms with Gasteiger partial charge < -0.3 is 14.7 Å². The molecule has 4 nitrogen and oxygen atoms in total. The van der Waals surface area contributed by atoms with E-state index in [4.69, 9.17) is 4.74 Å². The fraction of sp³-hybridized carbons (Fsp3) is 0.533. The van der Waals surface area contributed by atoms with Crippen molar-refractivity contribution in [1.82, 2.24) is 4.90 Å². The number of aliphatic imine (C=N–C) groups is 1. The van der Waals surface area contributed by atoms with Crippen molar-refractivity contribution in [3.05, 3.63) is 23.8 Å². The molecule has 19 heavy (non-hydrogen) atoms. The van der Waals surface area contributed by atoms with Gasteiger partial charge in [-0.15, -0.1) is 0 Å². The summed E-state index contributed by atoms with van der Waals surface area (Å²) in [6.07, 6.45) is 3.95. The summed E-state index contributed by atoms with van der Waals surface area (Å²) < 4.78 is 5.09. The van der Waals surface area contributed by atoms with Crippen LogP contribution in [0.2, 0.25) is 0 Å². The highest BCUT2D eigenvalue weighted by Crippen LogP contribution is 2.28. The van der Waals surface area contributed by atoms with E-state index < -0.39 is 0 Å². The molecule has 4 heteroatoms. The van der Waals surface area contributed by atoms with E-state index >= 15 is 0 Å². The summed E-state index contributed by atoms with van der Waals surface area (Å²) >= 11 is 0. The van der Waals surface area contributed by atoms with E-state index in [1.807, 2.05) is 12.1 Å². The predicted molar refractivity (Wildman–Crippen MR) is 77.4 cm³/mol. The van der Waals surface area contributed by atoms with E-state index in [0.29, 0.717) is 11.8 Å². The fourth-order valence-electron chi connectivity index (χ4n) is 2.38. The molecule has 0 unspecified atom stereocenters. The molecule has 2 rings (SSSR count). The number of nitrogens with zero attached hydrogens (tertiary/aromatic N) is 2. The summed E-state index contributed by atoms with van der Waals surface area (Å²) in [7, 11) is 1.55. The quantitative estimate of drug-likeness (QED) is 0.847. The van der Waals surface area contributed by atoms with Crippen LogP contribution in [0.1, 0.15) is 25.3 Å². The molecule has 1 aliphatic heterocycles. The van der Waals surface area contributed by atoms with Crippen LogP contribution in [0.15, 0.2) is 23.2 Å². The lowest BCUT2D eigenvalue weighted by Gasteiger charge is -2.28. The van der Waals surface area contributed by atoms with Crippen LogP contribution in [0.4, 0.5) is 0 Å². The SMILES string of the molecule is CCN1CCC(N=Cc2cccc(OC)c2O)CC1. The first-order valence-electron chi connectivity index (χ1n) is 6.86. The lowest BCUT2D eigenvalue weighted by Crippen LogP contribution is -2.35. The zero-order chi connectivity index (χ0) is 13.7. The summed E-state index contributed by atoms with van der Waals surface area (Å²) in [6.45, 7) is 5.54. The molecular formula is C15H22N2O2. The fourth-order valence-corrected chi connectivity index (χ4v) is 2.38. The van der Waals surface area contributed by atoms with Crippen molar-refractivity contribution in [2.45, 2.75) is 25.8 Å². The summed E-state index contributed by atoms with van der Waals surface area (Å²) in [5, 5.41) is 9.97. The maximum atomic E-state index is 9.97. The third-order valence-electron chi connectivity index (χ3n) is 3.68. The highest BCUT2D eigenvalue weighted by molar-refractivity contribution is 5.84. The monoisotopic (exact) mass is 262 g/mol. The van der Waals surface area contributed by atoms with Crippen LogP contribution in [0.25, 0.3) is 0 Å². The van der Waals surface area contributed by atoms with Crippen LogP contribution >= 0.6 is 0 Å². The minimum Gasteiger partial charge on any atom is -0.504 e. The van der Waals surface area contributed by atoms with E-state index in [1.165, 1.54) is 0 Å². The van der Waals surface area contributed by atoms with E-state index in [-0.39, 0.29) is 5.75 Å². The first kappa shape index (κ1) is 13.9. The summed E-state index contributed by atoms with van der Waals surface area (Å²) in [5.74, 6) is 0.657. The normalized spacial score (nSPS) is 18.0. The van der Waals surface area contributed by atoms with E-state index in [2.05, 4.69) is 16.8 Å². The highest BCUT2D eigenvalue weighted by atomic mass is 16.5. The number of hydrogen-bond acceptors (Lipinski definition) is 4. The van der Waals surface area contributed by atoms with Gasteiger partial charge in [0.05, 0.1) is 13.2 Å². The average molecular weight is 262 g/mol. The van der Waals surface area contributed by atoms with Crippen molar-refractivity contribution >= 4 is 6.21 Å². The Labute approximate surface area is 114 Å². The standard InChI is InChI=1S/C15H22N2O2/c1-3-17-9-7-13(8-10-17)16-11-12-5-4-6-14(19-2)15(12)18/h4-6,11,13,18H,3,7-10H2,1-2H3. The number of piperidine rings is 1. The summed E-state index contributed by atoms with van der Waals surface area (Å²) in [5.41, 5.74) is 0.720. The third-order valence-corrected chi connectivity index (χ3v) is 3.68. The number of para-hydroxylation sites is 1. The van der Waals surface area contributed by atoms with Crippen LogP contribution < -0.4 is 4.74 Å². The number of aromatic hydroxyl groups is 1. The molecule has 1 heterocycles. The molecule has 1 aliphatic rings. The maximum Gasteiger partial charge on any atom is 0.166 e. The van der Waals surface area contributed by atoms with E-state index in [0.717, 1.165) is 38.0 Å². The lowest BCUT2D eigenvalue weighted by atomic mass is 10.1. The number of phenols is 1. The molecule has 0 radical (unpaired) electrons. The van der Waals surface area contributed by atoms with Gasteiger partial charge in [0.2, 0.25) is 0 Å². The minimum absolute atomic E-state index is 0.166. The second-order valence-corrected chi connectivity index (χ2v) is 4.84. The van der Waals surface area contributed by atoms with E-state index in [9.17, 15) is 5.11 Å². The van der Waals surface area contributed by atoms with Gasteiger partial charge in [0.1, 0.15) is 0 Å². The number of ether oxygens (including phenoxy) is 1. The van der Waals surface area contributed by atoms with Crippen LogP contribution in [-0.4, -0.2) is 49.0 Å². The van der Waals surface area contributed by atoms with Gasteiger partial charge in [-0.2, -0.15) is 0 Å². The molecule has 1 fully saturated rings. The average Bonchev–Trinajstić information content (AvgIpc) is 2.47. The Kier molecular flexibility index (Phi) is 4.80. The predicted octanol–water partition coefficient (Wildman–Crippen LogP) is 2.30. The second-order valence-electron chi connectivity index (χ2n) is 4.84. The minimum atomic E-state index is 0.166. The first-order valence-corrected chi connectivity index (χ1v) is 6.86. The number of hydrogen-bond donors (Lipinski definition) is 1. The summed E-state index contributed by atoms with van der Waals surface area (Å²) in [4.78, 5) is 7.03. The van der Waals surface area contributed by atoms with Crippen molar-refractivity contribution in [2.24, 2.45) is 4.99 Å². The van der Waals surface area contributed by atoms with Gasteiger partial charge in [0.25, 0.3) is 0 Å². The number of methoxy groups -OCH3 is 1. The Morgan fingerprint density at radius 3 is 2.79 bits per heavy atom. The van der Waals surface area contributed by atoms with E-state index in [1.54, 1.807) is 19.4 Å². The Balaban J connectivity index is 1.99. The van der Waals surface area contributed by atoms with Gasteiger partial charge in [-0.25, -0.2) is 0 Å². The molecule has 1 aromatic rings. The van der Waals surface area contributed by atoms with Crippen molar-refractivity contribution in [1.29, 1.82) is 0 Å². The zero-order valence-corrected chi connectivity index (χ0v) is 11.7. The highest BCUT2D eigenvalue weighted by Gasteiger charge is 2.16. The van der Waals surface area contributed by atoms with Crippen molar-refractivity contribution in [3.8, 4) is 11.5 Å². The van der Waals surface area contributed by atoms with Crippen LogP contribution in [0.5, 0.6) is 11.5 Å². The van der Waals surface area contributed by atoms with Crippen LogP contribution in [-0.2, 0) is 0 Å². The topological polar surface area (TPSA) is 45.1 Å². The maximum absolute atomic E-state index is 9.97. The third kappa shape index (κ3) is 3.47. The summed E-state index contributed by atoms with van der Waals surface area (Å²) in [6, 6.07) is 5.82. The van der Waals surface area contributed by atoms with Crippen LogP contribution in [0.3, 0.4) is 0 Å². The molecule has 0 atom stereocenters. The molecule has 0 saturated carbocycles. The number of likely N-dealkylation sites (tertiary alicyclic amines) is 1. The molecule has 104 valence electrons. The molecule has 0 aliphatic carbocycles. The molecule has 0 amide bonds. The first-order chi connectivity index (χ1) is 9.24. The Morgan fingerprint density at radius 1 is 1.42 bits per heavy atom. The largest absolute Gasteiger partial charge is 0.504 e. The van der Waals surface area contributed by atoms with Crippen molar-refractivity contribution in [2.75, 3.05) is 26.7 Å². The molecular weight excluding hydrogens is 240 g/mol. The Bertz CT molecular complexity index is 438. The van der Waals surface area contributed by atoms with Gasteiger partial charge in [-0.05, 0) is 31.5 Å². The van der Waals surface area contributed by atoms with Crippen LogP contribution in [0, 0.1) is 0 Å². The molecule has 1 N–H and O–H groups in total. The number of benzene rings is 1. The molecule has 0 spiro atoms. The van der Waals surface area contributed by atoms with Crippen molar-refractivity contribution in [3.63, 3.8) is 0 Å². The van der Waals surface area contributed by atoms with Gasteiger partial charge in [0.15, 0.2) is 11.5 Å². The second kappa shape index (κ2) is 6.57. The Morgan fingerprint density at radius 2 is 2.16 bits per heavy atom. The van der Waals surface area contributed by atoms with Gasteiger partial charge in [-0.3, -0.25) is 4.99 Å².